The number of ether oxygens (including phenoxy) is 1. The fraction of sp³-hybridized carbons (Fsp3) is 0.368. The smallest absolute Gasteiger partial charge is 0.408 e. The van der Waals surface area contributed by atoms with Crippen molar-refractivity contribution in [2.24, 2.45) is 0 Å². The van der Waals surface area contributed by atoms with Crippen LogP contribution in [0, 0.1) is 0 Å². The molecular weight excluding hydrogens is 366 g/mol. The van der Waals surface area contributed by atoms with Gasteiger partial charge in [0.25, 0.3) is 0 Å². The first-order valence-corrected chi connectivity index (χ1v) is 8.79. The lowest BCUT2D eigenvalue weighted by Crippen LogP contribution is -2.48. The molecular formula is C19H25N3O6. The molecule has 0 fully saturated rings. The molecule has 0 spiro atoms. The normalized spacial score (nSPS) is 11.0. The van der Waals surface area contributed by atoms with E-state index in [0.717, 1.165) is 11.6 Å². The summed E-state index contributed by atoms with van der Waals surface area (Å²) in [6.45, 7) is 3.23. The summed E-state index contributed by atoms with van der Waals surface area (Å²) in [7, 11) is 0. The molecule has 9 heteroatoms. The van der Waals surface area contributed by atoms with Gasteiger partial charge in [0.15, 0.2) is 0 Å². The number of alkyl carbamates (subject to hydrolysis) is 1. The van der Waals surface area contributed by atoms with Crippen LogP contribution in [0.5, 0.6) is 0 Å². The number of aliphatic carboxylic acids is 1. The Hall–Kier alpha value is -3.36. The lowest BCUT2D eigenvalue weighted by Gasteiger charge is -2.18. The van der Waals surface area contributed by atoms with Crippen LogP contribution in [-0.4, -0.2) is 48.1 Å². The largest absolute Gasteiger partial charge is 0.480 e. The third-order valence-corrected chi connectivity index (χ3v) is 3.64. The molecule has 0 unspecified atom stereocenters. The molecule has 3 amide bonds. The number of rotatable bonds is 12. The first-order chi connectivity index (χ1) is 13.4. The van der Waals surface area contributed by atoms with E-state index in [9.17, 15) is 19.2 Å². The predicted molar refractivity (Wildman–Crippen MR) is 101 cm³/mol. The summed E-state index contributed by atoms with van der Waals surface area (Å²) in [5, 5.41) is 16.0. The molecule has 0 heterocycles. The minimum Gasteiger partial charge on any atom is -0.480 e. The Kier molecular flexibility index (Phi) is 10.5. The van der Waals surface area contributed by atoms with Crippen molar-refractivity contribution >= 4 is 23.9 Å². The second-order valence-electron chi connectivity index (χ2n) is 5.86. The highest BCUT2D eigenvalue weighted by Crippen LogP contribution is 2.04. The Bertz CT molecular complexity index is 678. The van der Waals surface area contributed by atoms with Gasteiger partial charge in [0, 0.05) is 6.54 Å². The molecule has 0 saturated heterocycles. The summed E-state index contributed by atoms with van der Waals surface area (Å²) < 4.78 is 5.09. The number of unbranched alkanes of at least 4 members (excludes halogenated alkanes) is 1. The Morgan fingerprint density at radius 1 is 1.11 bits per heavy atom. The summed E-state index contributed by atoms with van der Waals surface area (Å²) in [6, 6.07) is 8.10. The van der Waals surface area contributed by atoms with E-state index in [1.807, 2.05) is 18.2 Å². The highest BCUT2D eigenvalue weighted by Gasteiger charge is 2.21. The Morgan fingerprint density at radius 3 is 2.46 bits per heavy atom. The second kappa shape index (κ2) is 12.9. The zero-order chi connectivity index (χ0) is 20.8. The van der Waals surface area contributed by atoms with Crippen molar-refractivity contribution in [1.29, 1.82) is 0 Å². The molecule has 1 aromatic rings. The van der Waals surface area contributed by atoms with Crippen LogP contribution in [-0.2, 0) is 25.7 Å². The van der Waals surface area contributed by atoms with Crippen LogP contribution < -0.4 is 16.0 Å². The maximum Gasteiger partial charge on any atom is 0.408 e. The zero-order valence-electron chi connectivity index (χ0n) is 15.5. The number of nitrogens with one attached hydrogen (secondary N) is 3. The number of hydrogen-bond donors (Lipinski definition) is 4. The number of carbonyl (C=O) groups is 4. The molecule has 0 aliphatic rings. The van der Waals surface area contributed by atoms with E-state index >= 15 is 0 Å². The highest BCUT2D eigenvalue weighted by molar-refractivity contribution is 5.88. The fourth-order valence-electron chi connectivity index (χ4n) is 2.22. The van der Waals surface area contributed by atoms with Crippen LogP contribution in [0.4, 0.5) is 4.79 Å². The van der Waals surface area contributed by atoms with E-state index in [1.54, 1.807) is 12.1 Å². The molecule has 0 radical (unpaired) electrons. The molecule has 0 aromatic heterocycles. The van der Waals surface area contributed by atoms with E-state index in [4.69, 9.17) is 9.84 Å². The van der Waals surface area contributed by atoms with Gasteiger partial charge < -0.3 is 25.8 Å². The summed E-state index contributed by atoms with van der Waals surface area (Å²) in [5.74, 6) is -2.10. The molecule has 1 atom stereocenters. The van der Waals surface area contributed by atoms with Crippen molar-refractivity contribution in [1.82, 2.24) is 16.0 Å². The van der Waals surface area contributed by atoms with Crippen molar-refractivity contribution in [3.05, 3.63) is 48.6 Å². The standard InChI is InChI=1S/C19H25N3O6/c1-2-16(23)20-11-7-6-10-15(18(26)21-12-17(24)25)22-19(27)28-13-14-8-4-3-5-9-14/h2-5,8-9,15H,1,6-7,10-13H2,(H,20,23)(H,21,26)(H,22,27)(H,24,25)/t15-/m0/s1. The van der Waals surface area contributed by atoms with Crippen LogP contribution in [0.1, 0.15) is 24.8 Å². The zero-order valence-corrected chi connectivity index (χ0v) is 15.5. The maximum atomic E-state index is 12.1. The minimum absolute atomic E-state index is 0.0454. The van der Waals surface area contributed by atoms with E-state index in [2.05, 4.69) is 22.5 Å². The summed E-state index contributed by atoms with van der Waals surface area (Å²) in [4.78, 5) is 45.8. The highest BCUT2D eigenvalue weighted by atomic mass is 16.5. The van der Waals surface area contributed by atoms with Gasteiger partial charge in [-0.3, -0.25) is 14.4 Å². The van der Waals surface area contributed by atoms with Crippen LogP contribution in [0.2, 0.25) is 0 Å². The molecule has 9 nitrogen and oxygen atoms in total. The molecule has 28 heavy (non-hydrogen) atoms. The first-order valence-electron chi connectivity index (χ1n) is 8.79. The topological polar surface area (TPSA) is 134 Å². The molecule has 152 valence electrons. The average Bonchev–Trinajstić information content (AvgIpc) is 2.69. The number of carbonyl (C=O) groups excluding carboxylic acids is 3. The molecule has 4 N–H and O–H groups in total. The van der Waals surface area contributed by atoms with Gasteiger partial charge in [-0.25, -0.2) is 4.79 Å². The molecule has 0 bridgehead atoms. The van der Waals surface area contributed by atoms with Gasteiger partial charge in [-0.05, 0) is 30.9 Å². The van der Waals surface area contributed by atoms with Gasteiger partial charge in [0.05, 0.1) is 0 Å². The van der Waals surface area contributed by atoms with Gasteiger partial charge in [0.2, 0.25) is 11.8 Å². The number of benzene rings is 1. The quantitative estimate of drug-likeness (QED) is 0.310. The van der Waals surface area contributed by atoms with Crippen LogP contribution in [0.3, 0.4) is 0 Å². The number of amides is 3. The predicted octanol–water partition coefficient (Wildman–Crippen LogP) is 0.955. The summed E-state index contributed by atoms with van der Waals surface area (Å²) >= 11 is 0. The van der Waals surface area contributed by atoms with Gasteiger partial charge >= 0.3 is 12.1 Å². The van der Waals surface area contributed by atoms with Crippen LogP contribution in [0.25, 0.3) is 0 Å². The van der Waals surface area contributed by atoms with Crippen molar-refractivity contribution in [2.45, 2.75) is 31.9 Å². The van der Waals surface area contributed by atoms with Gasteiger partial charge in [-0.15, -0.1) is 0 Å². The van der Waals surface area contributed by atoms with E-state index in [-0.39, 0.29) is 18.9 Å². The Balaban J connectivity index is 2.49. The number of hydrogen-bond acceptors (Lipinski definition) is 5. The molecule has 1 rings (SSSR count). The van der Waals surface area contributed by atoms with E-state index in [0.29, 0.717) is 19.4 Å². The lowest BCUT2D eigenvalue weighted by molar-refractivity contribution is -0.138. The van der Waals surface area contributed by atoms with E-state index < -0.39 is 30.6 Å². The van der Waals surface area contributed by atoms with Crippen molar-refractivity contribution < 1.29 is 29.0 Å². The third-order valence-electron chi connectivity index (χ3n) is 3.64. The van der Waals surface area contributed by atoms with Crippen molar-refractivity contribution in [2.75, 3.05) is 13.1 Å². The average molecular weight is 391 g/mol. The molecule has 1 aromatic carbocycles. The van der Waals surface area contributed by atoms with Gasteiger partial charge in [-0.1, -0.05) is 36.9 Å². The fourth-order valence-corrected chi connectivity index (χ4v) is 2.22. The molecule has 0 aliphatic heterocycles. The monoisotopic (exact) mass is 391 g/mol. The van der Waals surface area contributed by atoms with Crippen molar-refractivity contribution in [3.63, 3.8) is 0 Å². The second-order valence-corrected chi connectivity index (χ2v) is 5.86. The SMILES string of the molecule is C=CC(=O)NCCCC[C@H](NC(=O)OCc1ccccc1)C(=O)NCC(=O)O. The van der Waals surface area contributed by atoms with Crippen molar-refractivity contribution in [3.8, 4) is 0 Å². The number of carboxylic acids is 1. The minimum atomic E-state index is -1.19. The van der Waals surface area contributed by atoms with Crippen LogP contribution in [0.15, 0.2) is 43.0 Å². The van der Waals surface area contributed by atoms with Gasteiger partial charge in [-0.2, -0.15) is 0 Å². The molecule has 0 saturated carbocycles. The number of carboxylic acid groups (broad SMARTS) is 1. The lowest BCUT2D eigenvalue weighted by atomic mass is 10.1. The Morgan fingerprint density at radius 2 is 1.82 bits per heavy atom. The van der Waals surface area contributed by atoms with Gasteiger partial charge in [0.1, 0.15) is 19.2 Å². The Labute approximate surface area is 163 Å². The maximum absolute atomic E-state index is 12.1. The first kappa shape index (κ1) is 22.7. The van der Waals surface area contributed by atoms with Crippen LogP contribution >= 0.6 is 0 Å². The molecule has 0 aliphatic carbocycles. The summed E-state index contributed by atoms with van der Waals surface area (Å²) in [6.07, 6.45) is 1.73. The third kappa shape index (κ3) is 9.95. The van der Waals surface area contributed by atoms with E-state index in [1.165, 1.54) is 0 Å². The summed E-state index contributed by atoms with van der Waals surface area (Å²) in [5.41, 5.74) is 0.794.